The van der Waals surface area contributed by atoms with Gasteiger partial charge >= 0.3 is 6.03 Å². The van der Waals surface area contributed by atoms with Crippen LogP contribution in [0.4, 0.5) is 4.79 Å². The van der Waals surface area contributed by atoms with Crippen LogP contribution in [0.25, 0.3) is 0 Å². The van der Waals surface area contributed by atoms with Gasteiger partial charge in [0.15, 0.2) is 0 Å². The van der Waals surface area contributed by atoms with Crippen LogP contribution in [0, 0.1) is 0 Å². The summed E-state index contributed by atoms with van der Waals surface area (Å²) >= 11 is 5.40. The molecule has 1 fully saturated rings. The smallest absolute Gasteiger partial charge is 0.321 e. The molecule has 18 heavy (non-hydrogen) atoms. The van der Waals surface area contributed by atoms with Gasteiger partial charge in [0, 0.05) is 31.4 Å². The molecule has 0 unspecified atom stereocenters. The summed E-state index contributed by atoms with van der Waals surface area (Å²) in [4.78, 5) is 24.7. The average Bonchev–Trinajstić information content (AvgIpc) is 2.82. The van der Waals surface area contributed by atoms with E-state index in [1.807, 2.05) is 0 Å². The second-order valence-electron chi connectivity index (χ2n) is 4.66. The molecule has 1 aliphatic rings. The second kappa shape index (κ2) is 8.32. The Labute approximate surface area is 113 Å². The van der Waals surface area contributed by atoms with Gasteiger partial charge in [0.1, 0.15) is 0 Å². The molecular formula is C12H22ClN3O2. The van der Waals surface area contributed by atoms with Gasteiger partial charge in [-0.25, -0.2) is 4.79 Å². The standard InChI is InChI=1S/C12H22ClN3O2/c1-16(10-4-2-3-5-10)9-8-14-12(18)15-11(17)6-7-13/h10H,2-9H2,1H3,(H2,14,15,17,18). The summed E-state index contributed by atoms with van der Waals surface area (Å²) < 4.78 is 0. The van der Waals surface area contributed by atoms with E-state index in [1.54, 1.807) is 0 Å². The number of nitrogens with one attached hydrogen (secondary N) is 2. The molecule has 0 spiro atoms. The number of likely N-dealkylation sites (N-methyl/N-ethyl adjacent to an activating group) is 1. The Morgan fingerprint density at radius 1 is 1.33 bits per heavy atom. The molecule has 0 aromatic heterocycles. The van der Waals surface area contributed by atoms with Crippen molar-refractivity contribution in [2.24, 2.45) is 0 Å². The first-order valence-electron chi connectivity index (χ1n) is 6.47. The number of hydrogen-bond donors (Lipinski definition) is 2. The third-order valence-corrected chi connectivity index (χ3v) is 3.46. The van der Waals surface area contributed by atoms with Crippen LogP contribution >= 0.6 is 11.6 Å². The van der Waals surface area contributed by atoms with Crippen molar-refractivity contribution in [3.8, 4) is 0 Å². The number of hydrogen-bond acceptors (Lipinski definition) is 3. The van der Waals surface area contributed by atoms with Crippen molar-refractivity contribution < 1.29 is 9.59 Å². The van der Waals surface area contributed by atoms with Gasteiger partial charge < -0.3 is 10.2 Å². The highest BCUT2D eigenvalue weighted by atomic mass is 35.5. The van der Waals surface area contributed by atoms with Crippen LogP contribution in [-0.2, 0) is 4.79 Å². The minimum atomic E-state index is -0.440. The monoisotopic (exact) mass is 275 g/mol. The maximum atomic E-state index is 11.3. The molecule has 0 aromatic carbocycles. The topological polar surface area (TPSA) is 61.4 Å². The first-order chi connectivity index (χ1) is 8.63. The molecule has 3 amide bonds. The molecule has 0 aromatic rings. The minimum Gasteiger partial charge on any atom is -0.337 e. The molecule has 104 valence electrons. The Bertz CT molecular complexity index is 280. The highest BCUT2D eigenvalue weighted by molar-refractivity contribution is 6.19. The fraction of sp³-hybridized carbons (Fsp3) is 0.833. The van der Waals surface area contributed by atoms with Crippen molar-refractivity contribution in [1.29, 1.82) is 0 Å². The number of urea groups is 1. The van der Waals surface area contributed by atoms with E-state index in [-0.39, 0.29) is 18.2 Å². The van der Waals surface area contributed by atoms with Gasteiger partial charge in [-0.3, -0.25) is 10.1 Å². The number of imide groups is 1. The van der Waals surface area contributed by atoms with Crippen LogP contribution in [0.5, 0.6) is 0 Å². The average molecular weight is 276 g/mol. The van der Waals surface area contributed by atoms with Gasteiger partial charge in [-0.2, -0.15) is 0 Å². The Hall–Kier alpha value is -0.810. The highest BCUT2D eigenvalue weighted by Crippen LogP contribution is 2.21. The van der Waals surface area contributed by atoms with Crippen LogP contribution < -0.4 is 10.6 Å². The molecule has 1 rings (SSSR count). The lowest BCUT2D eigenvalue weighted by atomic mass is 10.2. The first kappa shape index (κ1) is 15.2. The van der Waals surface area contributed by atoms with Crippen molar-refractivity contribution in [3.63, 3.8) is 0 Å². The summed E-state index contributed by atoms with van der Waals surface area (Å²) in [5, 5.41) is 4.90. The highest BCUT2D eigenvalue weighted by Gasteiger charge is 2.19. The number of rotatable bonds is 6. The van der Waals surface area contributed by atoms with E-state index < -0.39 is 6.03 Å². The van der Waals surface area contributed by atoms with Crippen molar-refractivity contribution in [2.45, 2.75) is 38.1 Å². The van der Waals surface area contributed by atoms with Gasteiger partial charge in [-0.05, 0) is 19.9 Å². The lowest BCUT2D eigenvalue weighted by Crippen LogP contribution is -2.43. The summed E-state index contributed by atoms with van der Waals surface area (Å²) in [6, 6.07) is 0.206. The van der Waals surface area contributed by atoms with Crippen LogP contribution in [0.3, 0.4) is 0 Å². The van der Waals surface area contributed by atoms with Crippen LogP contribution in [0.15, 0.2) is 0 Å². The zero-order chi connectivity index (χ0) is 13.4. The van der Waals surface area contributed by atoms with Crippen molar-refractivity contribution in [1.82, 2.24) is 15.5 Å². The number of nitrogens with zero attached hydrogens (tertiary/aromatic N) is 1. The fourth-order valence-corrected chi connectivity index (χ4v) is 2.36. The van der Waals surface area contributed by atoms with E-state index in [4.69, 9.17) is 11.6 Å². The predicted octanol–water partition coefficient (Wildman–Crippen LogP) is 1.32. The van der Waals surface area contributed by atoms with E-state index in [0.29, 0.717) is 12.6 Å². The lowest BCUT2D eigenvalue weighted by Gasteiger charge is -2.23. The molecule has 1 aliphatic carbocycles. The molecule has 0 radical (unpaired) electrons. The number of carbonyl (C=O) groups is 2. The molecular weight excluding hydrogens is 254 g/mol. The number of carbonyl (C=O) groups excluding carboxylic acids is 2. The SMILES string of the molecule is CN(CCNC(=O)NC(=O)CCCl)C1CCCC1. The van der Waals surface area contributed by atoms with Gasteiger partial charge in [0.2, 0.25) is 5.91 Å². The molecule has 0 bridgehead atoms. The Morgan fingerprint density at radius 3 is 2.61 bits per heavy atom. The molecule has 1 saturated carbocycles. The van der Waals surface area contributed by atoms with Crippen LogP contribution in [0.2, 0.25) is 0 Å². The Kier molecular flexibility index (Phi) is 7.05. The first-order valence-corrected chi connectivity index (χ1v) is 7.01. The molecule has 5 nitrogen and oxygen atoms in total. The molecule has 0 aliphatic heterocycles. The third kappa shape index (κ3) is 5.69. The lowest BCUT2D eigenvalue weighted by molar-refractivity contribution is -0.119. The number of alkyl halides is 1. The van der Waals surface area contributed by atoms with Crippen molar-refractivity contribution in [3.05, 3.63) is 0 Å². The molecule has 6 heteroatoms. The van der Waals surface area contributed by atoms with Gasteiger partial charge in [-0.15, -0.1) is 11.6 Å². The maximum absolute atomic E-state index is 11.3. The number of amides is 3. The zero-order valence-electron chi connectivity index (χ0n) is 10.9. The Morgan fingerprint density at radius 2 is 2.00 bits per heavy atom. The third-order valence-electron chi connectivity index (χ3n) is 3.27. The fourth-order valence-electron chi connectivity index (χ4n) is 2.19. The maximum Gasteiger partial charge on any atom is 0.321 e. The van der Waals surface area contributed by atoms with Crippen LogP contribution in [-0.4, -0.2) is 48.9 Å². The summed E-state index contributed by atoms with van der Waals surface area (Å²) in [6.45, 7) is 1.36. The van der Waals surface area contributed by atoms with Crippen LogP contribution in [0.1, 0.15) is 32.1 Å². The summed E-state index contributed by atoms with van der Waals surface area (Å²) in [6.07, 6.45) is 5.26. The number of halogens is 1. The van der Waals surface area contributed by atoms with E-state index in [0.717, 1.165) is 6.54 Å². The Balaban J connectivity index is 2.09. The van der Waals surface area contributed by atoms with Crippen molar-refractivity contribution in [2.75, 3.05) is 26.0 Å². The molecule has 0 atom stereocenters. The van der Waals surface area contributed by atoms with Gasteiger partial charge in [0.25, 0.3) is 0 Å². The zero-order valence-corrected chi connectivity index (χ0v) is 11.6. The molecule has 0 heterocycles. The normalized spacial score (nSPS) is 15.9. The molecule has 2 N–H and O–H groups in total. The predicted molar refractivity (Wildman–Crippen MR) is 71.8 cm³/mol. The van der Waals surface area contributed by atoms with E-state index >= 15 is 0 Å². The van der Waals surface area contributed by atoms with E-state index in [1.165, 1.54) is 25.7 Å². The van der Waals surface area contributed by atoms with E-state index in [9.17, 15) is 9.59 Å². The summed E-state index contributed by atoms with van der Waals surface area (Å²) in [7, 11) is 2.08. The summed E-state index contributed by atoms with van der Waals surface area (Å²) in [5.74, 6) is -0.115. The minimum absolute atomic E-state index is 0.164. The summed E-state index contributed by atoms with van der Waals surface area (Å²) in [5.41, 5.74) is 0. The second-order valence-corrected chi connectivity index (χ2v) is 5.04. The van der Waals surface area contributed by atoms with Crippen molar-refractivity contribution >= 4 is 23.5 Å². The van der Waals surface area contributed by atoms with Gasteiger partial charge in [-0.1, -0.05) is 12.8 Å². The molecule has 0 saturated heterocycles. The van der Waals surface area contributed by atoms with E-state index in [2.05, 4.69) is 22.6 Å². The van der Waals surface area contributed by atoms with Gasteiger partial charge in [0.05, 0.1) is 0 Å². The largest absolute Gasteiger partial charge is 0.337 e. The quantitative estimate of drug-likeness (QED) is 0.719.